The molecule has 0 saturated carbocycles. The Labute approximate surface area is 108 Å². The van der Waals surface area contributed by atoms with Crippen molar-refractivity contribution >= 4 is 21.2 Å². The first kappa shape index (κ1) is 13.1. The maximum Gasteiger partial charge on any atom is 0.232 e. The van der Waals surface area contributed by atoms with Crippen LogP contribution < -0.4 is 0 Å². The summed E-state index contributed by atoms with van der Waals surface area (Å²) in [5.41, 5.74) is 0.869. The van der Waals surface area contributed by atoms with Crippen LogP contribution in [0.25, 0.3) is 0 Å². The molecule has 0 bridgehead atoms. The van der Waals surface area contributed by atoms with Gasteiger partial charge in [-0.1, -0.05) is 30.4 Å². The van der Waals surface area contributed by atoms with Crippen molar-refractivity contribution in [3.05, 3.63) is 40.7 Å². The van der Waals surface area contributed by atoms with Crippen molar-refractivity contribution in [2.24, 2.45) is 0 Å². The Kier molecular flexibility index (Phi) is 3.72. The van der Waals surface area contributed by atoms with Crippen LogP contribution in [0.5, 0.6) is 0 Å². The molecule has 1 aromatic heterocycles. The van der Waals surface area contributed by atoms with E-state index in [-0.39, 0.29) is 15.9 Å². The summed E-state index contributed by atoms with van der Waals surface area (Å²) in [6.07, 6.45) is 0.456. The largest absolute Gasteiger partial charge is 0.232 e. The summed E-state index contributed by atoms with van der Waals surface area (Å²) in [5, 5.41) is 8.13. The van der Waals surface area contributed by atoms with E-state index in [1.54, 1.807) is 19.1 Å². The molecular weight excluding hydrogens is 275 g/mol. The van der Waals surface area contributed by atoms with Crippen LogP contribution in [0.15, 0.2) is 28.6 Å². The fourth-order valence-electron chi connectivity index (χ4n) is 1.34. The topological polar surface area (TPSA) is 59.9 Å². The molecule has 0 radical (unpaired) electrons. The van der Waals surface area contributed by atoms with Crippen LogP contribution in [0.4, 0.5) is 4.39 Å². The number of aromatic nitrogens is 2. The smallest absolute Gasteiger partial charge is 0.221 e. The quantitative estimate of drug-likeness (QED) is 0.863. The molecular formula is C11H11FN2O2S2. The highest BCUT2D eigenvalue weighted by Crippen LogP contribution is 2.19. The number of sulfone groups is 1. The zero-order valence-corrected chi connectivity index (χ0v) is 11.3. The Balaban J connectivity index is 2.19. The van der Waals surface area contributed by atoms with Gasteiger partial charge in [0, 0.05) is 6.42 Å². The van der Waals surface area contributed by atoms with E-state index in [2.05, 4.69) is 10.2 Å². The Morgan fingerprint density at radius 3 is 2.50 bits per heavy atom. The standard InChI is InChI=1S/C11H11FN2O2S2/c1-2-18(15,16)11-14-13-10(17-11)7-8-3-5-9(12)6-4-8/h3-6H,2,7H2,1H3. The molecule has 0 saturated heterocycles. The van der Waals surface area contributed by atoms with Crippen LogP contribution in [0.1, 0.15) is 17.5 Å². The summed E-state index contributed by atoms with van der Waals surface area (Å²) in [5.74, 6) is -0.289. The molecule has 0 atom stereocenters. The molecule has 2 aromatic rings. The molecule has 0 aliphatic heterocycles. The summed E-state index contributed by atoms with van der Waals surface area (Å²) in [7, 11) is -3.29. The molecule has 0 amide bonds. The number of halogens is 1. The van der Waals surface area contributed by atoms with Gasteiger partial charge in [0.25, 0.3) is 0 Å². The van der Waals surface area contributed by atoms with Gasteiger partial charge < -0.3 is 0 Å². The molecule has 7 heteroatoms. The third kappa shape index (κ3) is 2.91. The lowest BCUT2D eigenvalue weighted by Crippen LogP contribution is -2.02. The Bertz CT molecular complexity index is 635. The van der Waals surface area contributed by atoms with Crippen molar-refractivity contribution in [1.29, 1.82) is 0 Å². The van der Waals surface area contributed by atoms with Crippen molar-refractivity contribution < 1.29 is 12.8 Å². The molecule has 2 rings (SSSR count). The second-order valence-electron chi connectivity index (χ2n) is 3.67. The van der Waals surface area contributed by atoms with E-state index in [0.29, 0.717) is 11.4 Å². The zero-order valence-electron chi connectivity index (χ0n) is 9.63. The lowest BCUT2D eigenvalue weighted by Gasteiger charge is -1.96. The molecule has 0 aliphatic carbocycles. The first-order valence-electron chi connectivity index (χ1n) is 5.31. The first-order chi connectivity index (χ1) is 8.51. The fraction of sp³-hybridized carbons (Fsp3) is 0.273. The highest BCUT2D eigenvalue weighted by molar-refractivity contribution is 7.93. The molecule has 0 N–H and O–H groups in total. The average Bonchev–Trinajstić information content (AvgIpc) is 2.81. The van der Waals surface area contributed by atoms with Gasteiger partial charge in [0.1, 0.15) is 10.8 Å². The normalized spacial score (nSPS) is 11.7. The number of rotatable bonds is 4. The van der Waals surface area contributed by atoms with Crippen molar-refractivity contribution in [2.75, 3.05) is 5.75 Å². The third-order valence-electron chi connectivity index (χ3n) is 2.36. The van der Waals surface area contributed by atoms with E-state index in [0.717, 1.165) is 16.9 Å². The predicted octanol–water partition coefficient (Wildman–Crippen LogP) is 2.06. The van der Waals surface area contributed by atoms with Gasteiger partial charge >= 0.3 is 0 Å². The molecule has 1 aromatic carbocycles. The van der Waals surface area contributed by atoms with E-state index in [1.807, 2.05) is 0 Å². The Morgan fingerprint density at radius 2 is 1.89 bits per heavy atom. The molecule has 0 fully saturated rings. The average molecular weight is 286 g/mol. The van der Waals surface area contributed by atoms with Gasteiger partial charge in [-0.2, -0.15) is 0 Å². The Morgan fingerprint density at radius 1 is 1.22 bits per heavy atom. The van der Waals surface area contributed by atoms with E-state index < -0.39 is 9.84 Å². The lowest BCUT2D eigenvalue weighted by atomic mass is 10.2. The van der Waals surface area contributed by atoms with Crippen LogP contribution in [-0.2, 0) is 16.3 Å². The number of nitrogens with zero attached hydrogens (tertiary/aromatic N) is 2. The summed E-state index contributed by atoms with van der Waals surface area (Å²) < 4.78 is 35.9. The van der Waals surface area contributed by atoms with Gasteiger partial charge in [-0.25, -0.2) is 12.8 Å². The van der Waals surface area contributed by atoms with Gasteiger partial charge in [0.2, 0.25) is 14.2 Å². The minimum absolute atomic E-state index is 0.0121. The molecule has 1 heterocycles. The van der Waals surface area contributed by atoms with Crippen LogP contribution in [0, 0.1) is 5.82 Å². The SMILES string of the molecule is CCS(=O)(=O)c1nnc(Cc2ccc(F)cc2)s1. The van der Waals surface area contributed by atoms with Crippen molar-refractivity contribution in [3.8, 4) is 0 Å². The van der Waals surface area contributed by atoms with Crippen molar-refractivity contribution in [1.82, 2.24) is 10.2 Å². The second-order valence-corrected chi connectivity index (χ2v) is 7.18. The number of hydrogen-bond acceptors (Lipinski definition) is 5. The summed E-state index contributed by atoms with van der Waals surface area (Å²) in [4.78, 5) is 0. The van der Waals surface area contributed by atoms with Crippen LogP contribution >= 0.6 is 11.3 Å². The van der Waals surface area contributed by atoms with E-state index in [9.17, 15) is 12.8 Å². The van der Waals surface area contributed by atoms with Gasteiger partial charge in [-0.15, -0.1) is 10.2 Å². The van der Waals surface area contributed by atoms with E-state index in [1.165, 1.54) is 12.1 Å². The maximum atomic E-state index is 12.7. The Hall–Kier alpha value is -1.34. The summed E-state index contributed by atoms with van der Waals surface area (Å²) in [6.45, 7) is 1.57. The third-order valence-corrected chi connectivity index (χ3v) is 5.47. The van der Waals surface area contributed by atoms with Gasteiger partial charge in [-0.3, -0.25) is 0 Å². The molecule has 0 unspecified atom stereocenters. The molecule has 4 nitrogen and oxygen atoms in total. The summed E-state index contributed by atoms with van der Waals surface area (Å²) in [6, 6.07) is 6.01. The van der Waals surface area contributed by atoms with Gasteiger partial charge in [0.15, 0.2) is 0 Å². The van der Waals surface area contributed by atoms with Gasteiger partial charge in [0.05, 0.1) is 5.75 Å². The first-order valence-corrected chi connectivity index (χ1v) is 7.77. The molecule has 96 valence electrons. The predicted molar refractivity (Wildman–Crippen MR) is 66.8 cm³/mol. The lowest BCUT2D eigenvalue weighted by molar-refractivity contribution is 0.595. The van der Waals surface area contributed by atoms with Crippen molar-refractivity contribution in [2.45, 2.75) is 17.7 Å². The van der Waals surface area contributed by atoms with Crippen LogP contribution in [0.2, 0.25) is 0 Å². The maximum absolute atomic E-state index is 12.7. The summed E-state index contributed by atoms with van der Waals surface area (Å²) >= 11 is 1.06. The zero-order chi connectivity index (χ0) is 13.2. The minimum Gasteiger partial charge on any atom is -0.221 e. The number of benzene rings is 1. The monoisotopic (exact) mass is 286 g/mol. The van der Waals surface area contributed by atoms with Gasteiger partial charge in [-0.05, 0) is 17.7 Å². The number of hydrogen-bond donors (Lipinski definition) is 0. The highest BCUT2D eigenvalue weighted by Gasteiger charge is 2.17. The highest BCUT2D eigenvalue weighted by atomic mass is 32.2. The van der Waals surface area contributed by atoms with E-state index in [4.69, 9.17) is 0 Å². The molecule has 0 spiro atoms. The minimum atomic E-state index is -3.29. The molecule has 18 heavy (non-hydrogen) atoms. The van der Waals surface area contributed by atoms with Crippen molar-refractivity contribution in [3.63, 3.8) is 0 Å². The van der Waals surface area contributed by atoms with Crippen LogP contribution in [0.3, 0.4) is 0 Å². The fourth-order valence-corrected chi connectivity index (χ4v) is 3.50. The van der Waals surface area contributed by atoms with Crippen LogP contribution in [-0.4, -0.2) is 24.4 Å². The van der Waals surface area contributed by atoms with E-state index >= 15 is 0 Å². The molecule has 0 aliphatic rings. The second kappa shape index (κ2) is 5.11.